The van der Waals surface area contributed by atoms with E-state index in [4.69, 9.17) is 4.74 Å². The van der Waals surface area contributed by atoms with Crippen LogP contribution in [-0.4, -0.2) is 28.1 Å². The Balaban J connectivity index is 1.38. The summed E-state index contributed by atoms with van der Waals surface area (Å²) in [4.78, 5) is 4.47. The van der Waals surface area contributed by atoms with Crippen molar-refractivity contribution in [2.24, 2.45) is 4.99 Å². The lowest BCUT2D eigenvalue weighted by Crippen LogP contribution is -2.10. The third-order valence-corrected chi connectivity index (χ3v) is 6.22. The van der Waals surface area contributed by atoms with Gasteiger partial charge < -0.3 is 9.30 Å². The zero-order chi connectivity index (χ0) is 21.8. The van der Waals surface area contributed by atoms with Gasteiger partial charge in [0.05, 0.1) is 7.11 Å². The third kappa shape index (κ3) is 4.42. The molecule has 0 unspecified atom stereocenters. The fourth-order valence-electron chi connectivity index (χ4n) is 4.51. The molecule has 2 aliphatic rings. The average molecular weight is 425 g/mol. The highest BCUT2D eigenvalue weighted by atomic mass is 16.5. The third-order valence-electron chi connectivity index (χ3n) is 6.22. The summed E-state index contributed by atoms with van der Waals surface area (Å²) in [5.41, 5.74) is 6.38. The van der Waals surface area contributed by atoms with Crippen molar-refractivity contribution >= 4 is 11.8 Å². The lowest BCUT2D eigenvalue weighted by atomic mass is 10.0. The van der Waals surface area contributed by atoms with E-state index in [1.54, 1.807) is 7.11 Å². The summed E-state index contributed by atoms with van der Waals surface area (Å²) < 4.78 is 7.78. The molecule has 1 aliphatic carbocycles. The van der Waals surface area contributed by atoms with Crippen molar-refractivity contribution in [3.05, 3.63) is 94.7 Å². The van der Waals surface area contributed by atoms with Crippen molar-refractivity contribution in [3.8, 4) is 5.75 Å². The number of aliphatic imine (C=N–C) groups is 1. The van der Waals surface area contributed by atoms with E-state index < -0.39 is 0 Å². The molecule has 1 aromatic heterocycles. The molecule has 0 amide bonds. The molecular weight excluding hydrogens is 396 g/mol. The van der Waals surface area contributed by atoms with Crippen molar-refractivity contribution in [3.63, 3.8) is 0 Å². The lowest BCUT2D eigenvalue weighted by Gasteiger charge is -2.12. The van der Waals surface area contributed by atoms with Gasteiger partial charge in [0.2, 0.25) is 0 Å². The first-order valence-corrected chi connectivity index (χ1v) is 11.3. The van der Waals surface area contributed by atoms with Gasteiger partial charge in [-0.25, -0.2) is 0 Å². The topological polar surface area (TPSA) is 52.3 Å². The number of fused-ring (bicyclic) bond motifs is 1. The minimum absolute atomic E-state index is 0.781. The second-order valence-electron chi connectivity index (χ2n) is 8.33. The van der Waals surface area contributed by atoms with Gasteiger partial charge in [-0.2, -0.15) is 0 Å². The molecule has 0 saturated heterocycles. The van der Waals surface area contributed by atoms with Gasteiger partial charge in [0.15, 0.2) is 0 Å². The van der Waals surface area contributed by atoms with Gasteiger partial charge in [0, 0.05) is 37.7 Å². The van der Waals surface area contributed by atoms with E-state index in [9.17, 15) is 0 Å². The van der Waals surface area contributed by atoms with Crippen molar-refractivity contribution in [2.45, 2.75) is 45.1 Å². The van der Waals surface area contributed by atoms with Crippen LogP contribution in [0, 0.1) is 0 Å². The molecule has 0 saturated carbocycles. The van der Waals surface area contributed by atoms with Crippen molar-refractivity contribution < 1.29 is 4.74 Å². The molecule has 3 aromatic rings. The standard InChI is InChI=1S/C27H28N4O/c1-32-24-14-13-21-11-12-22(25(21)19-24)18-27-30-29-26(17-20-7-3-2-4-8-20)31(27)16-6-10-23-9-5-15-28-23/h2-4,7-9,12-15,19H,5-6,10-11,16-18H2,1H3. The molecule has 2 heterocycles. The molecule has 5 nitrogen and oxygen atoms in total. The van der Waals surface area contributed by atoms with Crippen molar-refractivity contribution in [1.82, 2.24) is 14.8 Å². The summed E-state index contributed by atoms with van der Waals surface area (Å²) in [6.45, 7) is 0.898. The quantitative estimate of drug-likeness (QED) is 0.474. The van der Waals surface area contributed by atoms with Crippen LogP contribution in [0.4, 0.5) is 0 Å². The van der Waals surface area contributed by atoms with Crippen LogP contribution >= 0.6 is 0 Å². The monoisotopic (exact) mass is 424 g/mol. The van der Waals surface area contributed by atoms with Crippen molar-refractivity contribution in [2.75, 3.05) is 7.11 Å². The molecular formula is C27H28N4O. The molecule has 0 spiro atoms. The zero-order valence-corrected chi connectivity index (χ0v) is 18.5. The number of hydrogen-bond donors (Lipinski definition) is 0. The maximum Gasteiger partial charge on any atom is 0.137 e. The number of aromatic nitrogens is 3. The van der Waals surface area contributed by atoms with Gasteiger partial charge in [-0.1, -0.05) is 48.6 Å². The second kappa shape index (κ2) is 9.35. The maximum atomic E-state index is 5.46. The molecule has 0 N–H and O–H groups in total. The molecule has 2 aromatic carbocycles. The number of rotatable bonds is 9. The fourth-order valence-corrected chi connectivity index (χ4v) is 4.51. The number of benzene rings is 2. The minimum atomic E-state index is 0.781. The second-order valence-corrected chi connectivity index (χ2v) is 8.33. The molecule has 162 valence electrons. The van der Waals surface area contributed by atoms with Crippen LogP contribution in [0.1, 0.15) is 47.6 Å². The van der Waals surface area contributed by atoms with Gasteiger partial charge in [0.1, 0.15) is 17.4 Å². The minimum Gasteiger partial charge on any atom is -0.497 e. The normalized spacial score (nSPS) is 14.4. The van der Waals surface area contributed by atoms with Gasteiger partial charge in [-0.05, 0) is 53.7 Å². The molecule has 0 bridgehead atoms. The first kappa shape index (κ1) is 20.4. The molecule has 0 radical (unpaired) electrons. The van der Waals surface area contributed by atoms with Crippen LogP contribution < -0.4 is 4.74 Å². The van der Waals surface area contributed by atoms with Gasteiger partial charge in [-0.15, -0.1) is 10.2 Å². The van der Waals surface area contributed by atoms with Gasteiger partial charge >= 0.3 is 0 Å². The van der Waals surface area contributed by atoms with Crippen LogP contribution in [0.15, 0.2) is 71.4 Å². The number of ether oxygens (including phenoxy) is 1. The first-order chi connectivity index (χ1) is 15.8. The molecule has 5 heteroatoms. The number of allylic oxidation sites excluding steroid dienone is 4. The number of nitrogens with zero attached hydrogens (tertiary/aromatic N) is 4. The van der Waals surface area contributed by atoms with E-state index in [-0.39, 0.29) is 0 Å². The summed E-state index contributed by atoms with van der Waals surface area (Å²) in [7, 11) is 1.72. The Morgan fingerprint density at radius 2 is 1.81 bits per heavy atom. The predicted molar refractivity (Wildman–Crippen MR) is 128 cm³/mol. The summed E-state index contributed by atoms with van der Waals surface area (Å²) in [6.07, 6.45) is 12.0. The predicted octanol–water partition coefficient (Wildman–Crippen LogP) is 5.20. The molecule has 1 aliphatic heterocycles. The summed E-state index contributed by atoms with van der Waals surface area (Å²) in [5, 5.41) is 9.25. The van der Waals surface area contributed by atoms with Crippen LogP contribution in [0.5, 0.6) is 5.75 Å². The van der Waals surface area contributed by atoms with Crippen molar-refractivity contribution in [1.29, 1.82) is 0 Å². The van der Waals surface area contributed by atoms with Crippen LogP contribution in [0.2, 0.25) is 0 Å². The Morgan fingerprint density at radius 1 is 0.969 bits per heavy atom. The summed E-state index contributed by atoms with van der Waals surface area (Å²) >= 11 is 0. The average Bonchev–Trinajstić information content (AvgIpc) is 3.57. The Bertz CT molecular complexity index is 1190. The van der Waals surface area contributed by atoms with Gasteiger partial charge in [-0.3, -0.25) is 4.99 Å². The van der Waals surface area contributed by atoms with E-state index in [0.717, 1.165) is 62.5 Å². The Morgan fingerprint density at radius 3 is 2.59 bits per heavy atom. The van der Waals surface area contributed by atoms with E-state index in [2.05, 4.69) is 68.3 Å². The largest absolute Gasteiger partial charge is 0.497 e. The van der Waals surface area contributed by atoms with Crippen LogP contribution in [0.3, 0.4) is 0 Å². The molecule has 32 heavy (non-hydrogen) atoms. The Labute approximate surface area is 189 Å². The van der Waals surface area contributed by atoms with E-state index in [1.807, 2.05) is 18.3 Å². The lowest BCUT2D eigenvalue weighted by molar-refractivity contribution is 0.414. The Hall–Kier alpha value is -3.47. The smallest absolute Gasteiger partial charge is 0.137 e. The highest BCUT2D eigenvalue weighted by molar-refractivity contribution is 5.75. The zero-order valence-electron chi connectivity index (χ0n) is 18.5. The highest BCUT2D eigenvalue weighted by Gasteiger charge is 2.20. The van der Waals surface area contributed by atoms with Crippen LogP contribution in [-0.2, 0) is 25.8 Å². The SMILES string of the molecule is COc1ccc2c(c1)C(Cc1nnc(Cc3ccccc3)n1CCCC1=CCC=N1)=CC2. The maximum absolute atomic E-state index is 5.46. The number of methoxy groups -OCH3 is 1. The molecule has 0 atom stereocenters. The van der Waals surface area contributed by atoms with E-state index >= 15 is 0 Å². The van der Waals surface area contributed by atoms with Gasteiger partial charge in [0.25, 0.3) is 0 Å². The molecule has 5 rings (SSSR count). The Kier molecular flexibility index (Phi) is 5.97. The molecule has 0 fully saturated rings. The summed E-state index contributed by atoms with van der Waals surface area (Å²) in [5.74, 6) is 2.95. The fraction of sp³-hybridized carbons (Fsp3) is 0.296. The highest BCUT2D eigenvalue weighted by Crippen LogP contribution is 2.33. The van der Waals surface area contributed by atoms with E-state index in [0.29, 0.717) is 0 Å². The number of hydrogen-bond acceptors (Lipinski definition) is 4. The van der Waals surface area contributed by atoms with E-state index in [1.165, 1.54) is 28.0 Å². The first-order valence-electron chi connectivity index (χ1n) is 11.3. The summed E-state index contributed by atoms with van der Waals surface area (Å²) in [6, 6.07) is 16.9. The van der Waals surface area contributed by atoms with Crippen LogP contribution in [0.25, 0.3) is 5.57 Å².